The molecule has 3 aromatic rings. The summed E-state index contributed by atoms with van der Waals surface area (Å²) >= 11 is 3.24. The van der Waals surface area contributed by atoms with Crippen molar-refractivity contribution in [2.45, 2.75) is 93.3 Å². The van der Waals surface area contributed by atoms with Crippen LogP contribution in [0.1, 0.15) is 89.5 Å². The molecule has 43 heavy (non-hydrogen) atoms. The van der Waals surface area contributed by atoms with Crippen molar-refractivity contribution in [1.82, 2.24) is 15.0 Å². The summed E-state index contributed by atoms with van der Waals surface area (Å²) < 4.78 is 12.3. The molecule has 1 fully saturated rings. The second-order valence-corrected chi connectivity index (χ2v) is 12.9. The molecule has 1 aliphatic heterocycles. The van der Waals surface area contributed by atoms with Crippen molar-refractivity contribution in [3.63, 3.8) is 0 Å². The highest BCUT2D eigenvalue weighted by molar-refractivity contribution is 9.10. The van der Waals surface area contributed by atoms with Crippen molar-refractivity contribution >= 4 is 46.1 Å². The number of aromatic nitrogens is 3. The maximum atomic E-state index is 5.71. The molecule has 234 valence electrons. The van der Waals surface area contributed by atoms with Crippen LogP contribution in [0, 0.1) is 20.8 Å². The standard InChI is InChI=1S/C9H17BO2.C9H14N2.C9H12N2.C6H7BrN2/c1-7(2)10-11-8(3,4)9(5,6)12-10;2*1-6(2)8-5-4-7(3)11-9(8)10;1-4-2-3-5(7)6(8)9-4/h1H2,2-6H3;4-6H,1-3H3,(H2,10,11);4-5H,1H2,2-3H3,(H2,10,11);2-3H,1H3,(H2,8,9). The molecule has 0 radical (unpaired) electrons. The molecular formula is C33H50BBrN6O2. The number of rotatable bonds is 3. The van der Waals surface area contributed by atoms with E-state index in [-0.39, 0.29) is 18.3 Å². The van der Waals surface area contributed by atoms with Gasteiger partial charge < -0.3 is 26.5 Å². The zero-order valence-electron chi connectivity index (χ0n) is 27.8. The highest BCUT2D eigenvalue weighted by atomic mass is 79.9. The Morgan fingerprint density at radius 2 is 1.16 bits per heavy atom. The Morgan fingerprint density at radius 3 is 1.49 bits per heavy atom. The van der Waals surface area contributed by atoms with Crippen molar-refractivity contribution < 1.29 is 9.31 Å². The van der Waals surface area contributed by atoms with Gasteiger partial charge in [-0.25, -0.2) is 15.0 Å². The van der Waals surface area contributed by atoms with Crippen LogP contribution in [-0.2, 0) is 9.31 Å². The molecule has 4 rings (SSSR count). The van der Waals surface area contributed by atoms with Crippen LogP contribution in [0.15, 0.2) is 59.5 Å². The second kappa shape index (κ2) is 16.0. The first-order valence-corrected chi connectivity index (χ1v) is 15.0. The summed E-state index contributed by atoms with van der Waals surface area (Å²) in [4.78, 5) is 12.3. The smallest absolute Gasteiger partial charge is 0.400 e. The number of pyridine rings is 3. The Hall–Kier alpha value is -3.21. The summed E-state index contributed by atoms with van der Waals surface area (Å²) in [6, 6.07) is 11.7. The van der Waals surface area contributed by atoms with Crippen LogP contribution in [0.5, 0.6) is 0 Å². The first-order valence-electron chi connectivity index (χ1n) is 14.2. The fourth-order valence-corrected chi connectivity index (χ4v) is 3.84. The third-order valence-electron chi connectivity index (χ3n) is 6.91. The van der Waals surface area contributed by atoms with E-state index in [9.17, 15) is 0 Å². The Labute approximate surface area is 267 Å². The molecule has 0 spiro atoms. The topological polar surface area (TPSA) is 135 Å². The lowest BCUT2D eigenvalue weighted by molar-refractivity contribution is 0.00578. The fraction of sp³-hybridized carbons (Fsp3) is 0.424. The molecule has 0 saturated carbocycles. The molecule has 4 heterocycles. The summed E-state index contributed by atoms with van der Waals surface area (Å²) in [5.41, 5.74) is 23.2. The zero-order chi connectivity index (χ0) is 33.3. The number of hydrogen-bond acceptors (Lipinski definition) is 8. The van der Waals surface area contributed by atoms with Crippen LogP contribution in [-0.4, -0.2) is 33.3 Å². The average molecular weight is 654 g/mol. The highest BCUT2D eigenvalue weighted by Gasteiger charge is 2.51. The number of nitrogen functional groups attached to an aromatic ring is 3. The van der Waals surface area contributed by atoms with Crippen molar-refractivity contribution in [2.24, 2.45) is 0 Å². The van der Waals surface area contributed by atoms with Crippen LogP contribution < -0.4 is 17.2 Å². The molecule has 0 bridgehead atoms. The summed E-state index contributed by atoms with van der Waals surface area (Å²) in [5, 5.41) is 0. The molecule has 0 aliphatic carbocycles. The first-order chi connectivity index (χ1) is 19.7. The normalized spacial score (nSPS) is 14.4. The molecule has 8 nitrogen and oxygen atoms in total. The third-order valence-corrected chi connectivity index (χ3v) is 7.58. The molecule has 0 amide bonds. The van der Waals surface area contributed by atoms with Gasteiger partial charge in [0, 0.05) is 22.6 Å². The lowest BCUT2D eigenvalue weighted by Crippen LogP contribution is -2.41. The maximum absolute atomic E-state index is 5.71. The molecule has 1 aliphatic rings. The van der Waals surface area contributed by atoms with Crippen molar-refractivity contribution in [2.75, 3.05) is 17.2 Å². The molecule has 3 aromatic heterocycles. The maximum Gasteiger partial charge on any atom is 0.489 e. The lowest BCUT2D eigenvalue weighted by Gasteiger charge is -2.32. The van der Waals surface area contributed by atoms with E-state index < -0.39 is 0 Å². The number of nitrogens with zero attached hydrogens (tertiary/aromatic N) is 3. The molecule has 6 N–H and O–H groups in total. The minimum atomic E-state index is -0.241. The summed E-state index contributed by atoms with van der Waals surface area (Å²) in [5.74, 6) is 2.25. The lowest BCUT2D eigenvalue weighted by atomic mass is 9.81. The van der Waals surface area contributed by atoms with Crippen molar-refractivity contribution in [1.29, 1.82) is 0 Å². The molecule has 1 saturated heterocycles. The number of anilines is 3. The fourth-order valence-electron chi connectivity index (χ4n) is 3.62. The van der Waals surface area contributed by atoms with E-state index in [1.807, 2.05) is 98.7 Å². The van der Waals surface area contributed by atoms with Gasteiger partial charge in [-0.2, -0.15) is 0 Å². The molecule has 0 atom stereocenters. The number of aryl methyl sites for hydroxylation is 3. The number of hydrogen-bond donors (Lipinski definition) is 3. The van der Waals surface area contributed by atoms with E-state index >= 15 is 0 Å². The van der Waals surface area contributed by atoms with Crippen LogP contribution in [0.4, 0.5) is 17.5 Å². The minimum absolute atomic E-state index is 0.239. The van der Waals surface area contributed by atoms with E-state index in [2.05, 4.69) is 57.9 Å². The molecule has 0 aromatic carbocycles. The van der Waals surface area contributed by atoms with Gasteiger partial charge in [-0.1, -0.05) is 32.0 Å². The first kappa shape index (κ1) is 37.8. The SMILES string of the molecule is C=C(C)B1OC(C)(C)C(C)(C)O1.C=C(C)c1ccc(C)nc1N.Cc1ccc(Br)c(N)n1.Cc1ccc(C(C)C)c(N)n1. The largest absolute Gasteiger partial charge is 0.489 e. The summed E-state index contributed by atoms with van der Waals surface area (Å²) in [6.45, 7) is 29.6. The van der Waals surface area contributed by atoms with Crippen LogP contribution in [0.3, 0.4) is 0 Å². The van der Waals surface area contributed by atoms with Crippen molar-refractivity contribution in [3.05, 3.63) is 87.7 Å². The summed E-state index contributed by atoms with van der Waals surface area (Å²) in [6.07, 6.45) is 0. The Balaban J connectivity index is 0.000000288. The van der Waals surface area contributed by atoms with E-state index in [0.717, 1.165) is 43.7 Å². The highest BCUT2D eigenvalue weighted by Crippen LogP contribution is 2.38. The van der Waals surface area contributed by atoms with Gasteiger partial charge >= 0.3 is 7.12 Å². The third kappa shape index (κ3) is 11.8. The van der Waals surface area contributed by atoms with Crippen molar-refractivity contribution in [3.8, 4) is 0 Å². The van der Waals surface area contributed by atoms with Gasteiger partial charge in [-0.15, -0.1) is 6.58 Å². The quantitative estimate of drug-likeness (QED) is 0.242. The van der Waals surface area contributed by atoms with Gasteiger partial charge in [0.25, 0.3) is 0 Å². The summed E-state index contributed by atoms with van der Waals surface area (Å²) in [7, 11) is -0.241. The Kier molecular flexibility index (Phi) is 14.1. The predicted octanol–water partition coefficient (Wildman–Crippen LogP) is 8.03. The average Bonchev–Trinajstić information content (AvgIpc) is 3.09. The van der Waals surface area contributed by atoms with Crippen LogP contribution >= 0.6 is 15.9 Å². The molecule has 0 unspecified atom stereocenters. The van der Waals surface area contributed by atoms with Gasteiger partial charge in [-0.05, 0) is 126 Å². The second-order valence-electron chi connectivity index (χ2n) is 12.0. The van der Waals surface area contributed by atoms with Gasteiger partial charge in [0.05, 0.1) is 15.7 Å². The Morgan fingerprint density at radius 1 is 0.744 bits per heavy atom. The minimum Gasteiger partial charge on any atom is -0.400 e. The monoisotopic (exact) mass is 652 g/mol. The predicted molar refractivity (Wildman–Crippen MR) is 188 cm³/mol. The number of halogens is 1. The van der Waals surface area contributed by atoms with E-state index in [1.165, 1.54) is 0 Å². The van der Waals surface area contributed by atoms with Gasteiger partial charge in [0.1, 0.15) is 17.5 Å². The van der Waals surface area contributed by atoms with Crippen LogP contribution in [0.2, 0.25) is 0 Å². The van der Waals surface area contributed by atoms with E-state index in [1.54, 1.807) is 0 Å². The van der Waals surface area contributed by atoms with Gasteiger partial charge in [-0.3, -0.25) is 0 Å². The number of nitrogens with two attached hydrogens (primary N) is 3. The van der Waals surface area contributed by atoms with Gasteiger partial charge in [0.15, 0.2) is 0 Å². The van der Waals surface area contributed by atoms with Crippen LogP contribution in [0.25, 0.3) is 5.57 Å². The van der Waals surface area contributed by atoms with E-state index in [0.29, 0.717) is 23.4 Å². The van der Waals surface area contributed by atoms with E-state index in [4.69, 9.17) is 26.5 Å². The zero-order valence-corrected chi connectivity index (χ0v) is 29.4. The molecular weight excluding hydrogens is 603 g/mol. The Bertz CT molecular complexity index is 1390. The molecule has 10 heteroatoms. The number of allylic oxidation sites excluding steroid dienone is 2. The van der Waals surface area contributed by atoms with Gasteiger partial charge in [0.2, 0.25) is 0 Å².